The summed E-state index contributed by atoms with van der Waals surface area (Å²) in [5.41, 5.74) is 4.55. The first-order chi connectivity index (χ1) is 15.6. The summed E-state index contributed by atoms with van der Waals surface area (Å²) < 4.78 is 27.6. The number of aromatic nitrogens is 1. The summed E-state index contributed by atoms with van der Waals surface area (Å²) in [6.07, 6.45) is 3.25. The van der Waals surface area contributed by atoms with Crippen molar-refractivity contribution in [1.29, 1.82) is 0 Å². The third-order valence-electron chi connectivity index (χ3n) is 4.66. The van der Waals surface area contributed by atoms with Crippen LogP contribution in [0, 0.1) is 0 Å². The highest BCUT2D eigenvalue weighted by atomic mass is 16.5. The van der Waals surface area contributed by atoms with Gasteiger partial charge in [0.05, 0.1) is 44.0 Å². The van der Waals surface area contributed by atoms with Crippen molar-refractivity contribution in [2.75, 3.05) is 32.4 Å². The fraction of sp³-hybridized carbons (Fsp3) is 0.435. The Morgan fingerprint density at radius 3 is 2.69 bits per heavy atom. The van der Waals surface area contributed by atoms with E-state index in [-0.39, 0.29) is 18.4 Å². The van der Waals surface area contributed by atoms with E-state index in [9.17, 15) is 4.79 Å². The molecule has 9 nitrogen and oxygen atoms in total. The molecular formula is C23H29N3O6. The highest BCUT2D eigenvalue weighted by Gasteiger charge is 2.18. The first-order valence-corrected chi connectivity index (χ1v) is 10.6. The molecule has 172 valence electrons. The lowest BCUT2D eigenvalue weighted by Gasteiger charge is -2.24. The van der Waals surface area contributed by atoms with Gasteiger partial charge in [-0.3, -0.25) is 10.4 Å². The van der Waals surface area contributed by atoms with E-state index in [0.29, 0.717) is 42.8 Å². The Kier molecular flexibility index (Phi) is 8.82. The minimum Gasteiger partial charge on any atom is -0.488 e. The Bertz CT molecular complexity index is 910. The number of pyridine rings is 1. The maximum absolute atomic E-state index is 11.8. The maximum atomic E-state index is 11.8. The lowest BCUT2D eigenvalue weighted by Crippen LogP contribution is -2.26. The van der Waals surface area contributed by atoms with Crippen LogP contribution in [0.2, 0.25) is 0 Å². The molecule has 1 fully saturated rings. The summed E-state index contributed by atoms with van der Waals surface area (Å²) in [6, 6.07) is 9.05. The van der Waals surface area contributed by atoms with Gasteiger partial charge in [0.25, 0.3) is 0 Å². The average Bonchev–Trinajstić information content (AvgIpc) is 2.80. The zero-order valence-corrected chi connectivity index (χ0v) is 18.6. The van der Waals surface area contributed by atoms with Crippen molar-refractivity contribution in [1.82, 2.24) is 4.98 Å². The van der Waals surface area contributed by atoms with Crippen molar-refractivity contribution < 1.29 is 28.5 Å². The standard InChI is InChI=1S/C23H29N3O6/c1-4-30-23(27)16(2)25-26-21-8-7-19(13-22(21)32-18-9-11-29-12-10-18)31-20-6-5-17(15-28-3)24-14-20/h5-8,13-14,18,26H,4,9-12,15H2,1-3H3/b25-16-. The second kappa shape index (κ2) is 12.0. The molecule has 3 rings (SSSR count). The molecule has 0 amide bonds. The van der Waals surface area contributed by atoms with Crippen LogP contribution in [-0.2, 0) is 25.6 Å². The number of rotatable bonds is 10. The van der Waals surface area contributed by atoms with Crippen LogP contribution in [0.15, 0.2) is 41.6 Å². The van der Waals surface area contributed by atoms with E-state index in [1.54, 1.807) is 45.4 Å². The number of benzene rings is 1. The number of hydrogen-bond acceptors (Lipinski definition) is 9. The van der Waals surface area contributed by atoms with Crippen molar-refractivity contribution in [2.24, 2.45) is 5.10 Å². The first kappa shape index (κ1) is 23.5. The van der Waals surface area contributed by atoms with Gasteiger partial charge in [-0.1, -0.05) is 0 Å². The topological polar surface area (TPSA) is 101 Å². The maximum Gasteiger partial charge on any atom is 0.354 e. The number of anilines is 1. The monoisotopic (exact) mass is 443 g/mol. The summed E-state index contributed by atoms with van der Waals surface area (Å²) in [5, 5.41) is 4.13. The highest BCUT2D eigenvalue weighted by Crippen LogP contribution is 2.33. The van der Waals surface area contributed by atoms with E-state index in [2.05, 4.69) is 15.5 Å². The van der Waals surface area contributed by atoms with Crippen molar-refractivity contribution in [3.63, 3.8) is 0 Å². The Balaban J connectivity index is 1.77. The third kappa shape index (κ3) is 6.93. The Morgan fingerprint density at radius 1 is 1.22 bits per heavy atom. The predicted octanol–water partition coefficient (Wildman–Crippen LogP) is 3.93. The molecule has 0 radical (unpaired) electrons. The summed E-state index contributed by atoms with van der Waals surface area (Å²) in [6.45, 7) is 5.37. The molecule has 0 aliphatic carbocycles. The Labute approximate surface area is 187 Å². The molecule has 1 aromatic carbocycles. The molecule has 2 aromatic rings. The van der Waals surface area contributed by atoms with Crippen LogP contribution >= 0.6 is 0 Å². The van der Waals surface area contributed by atoms with Crippen molar-refractivity contribution in [2.45, 2.75) is 39.4 Å². The van der Waals surface area contributed by atoms with Gasteiger partial charge < -0.3 is 23.7 Å². The first-order valence-electron chi connectivity index (χ1n) is 10.6. The molecule has 9 heteroatoms. The quantitative estimate of drug-likeness (QED) is 0.335. The van der Waals surface area contributed by atoms with Gasteiger partial charge in [-0.15, -0.1) is 0 Å². The van der Waals surface area contributed by atoms with Crippen LogP contribution in [0.3, 0.4) is 0 Å². The van der Waals surface area contributed by atoms with Gasteiger partial charge in [-0.2, -0.15) is 5.10 Å². The third-order valence-corrected chi connectivity index (χ3v) is 4.66. The molecule has 2 heterocycles. The number of hydrogen-bond donors (Lipinski definition) is 1. The Morgan fingerprint density at radius 2 is 2.00 bits per heavy atom. The largest absolute Gasteiger partial charge is 0.488 e. The normalized spacial score (nSPS) is 14.7. The number of carbonyl (C=O) groups excluding carboxylic acids is 1. The van der Waals surface area contributed by atoms with Gasteiger partial charge in [0.1, 0.15) is 29.1 Å². The predicted molar refractivity (Wildman–Crippen MR) is 119 cm³/mol. The lowest BCUT2D eigenvalue weighted by atomic mass is 10.1. The van der Waals surface area contributed by atoms with E-state index >= 15 is 0 Å². The van der Waals surface area contributed by atoms with Crippen LogP contribution < -0.4 is 14.9 Å². The van der Waals surface area contributed by atoms with Crippen LogP contribution in [0.1, 0.15) is 32.4 Å². The minimum absolute atomic E-state index is 0.0182. The average molecular weight is 444 g/mol. The fourth-order valence-electron chi connectivity index (χ4n) is 3.00. The summed E-state index contributed by atoms with van der Waals surface area (Å²) in [5.74, 6) is 1.28. The number of ether oxygens (including phenoxy) is 5. The zero-order chi connectivity index (χ0) is 22.8. The smallest absolute Gasteiger partial charge is 0.354 e. The molecule has 1 saturated heterocycles. The zero-order valence-electron chi connectivity index (χ0n) is 18.6. The van der Waals surface area contributed by atoms with Crippen LogP contribution in [-0.4, -0.2) is 49.7 Å². The van der Waals surface area contributed by atoms with E-state index in [4.69, 9.17) is 23.7 Å². The second-order valence-corrected chi connectivity index (χ2v) is 7.14. The summed E-state index contributed by atoms with van der Waals surface area (Å²) in [4.78, 5) is 16.1. The number of methoxy groups -OCH3 is 1. The minimum atomic E-state index is -0.476. The number of hydrazone groups is 1. The molecule has 1 N–H and O–H groups in total. The number of esters is 1. The molecule has 0 bridgehead atoms. The highest BCUT2D eigenvalue weighted by molar-refractivity contribution is 6.35. The second-order valence-electron chi connectivity index (χ2n) is 7.14. The van der Waals surface area contributed by atoms with Crippen LogP contribution in [0.5, 0.6) is 17.2 Å². The van der Waals surface area contributed by atoms with E-state index < -0.39 is 5.97 Å². The van der Waals surface area contributed by atoms with E-state index in [1.165, 1.54) is 0 Å². The molecule has 32 heavy (non-hydrogen) atoms. The molecule has 1 aliphatic heterocycles. The number of nitrogens with one attached hydrogen (secondary N) is 1. The molecule has 0 spiro atoms. The van der Waals surface area contributed by atoms with Gasteiger partial charge in [0.2, 0.25) is 0 Å². The molecule has 1 aromatic heterocycles. The van der Waals surface area contributed by atoms with Gasteiger partial charge in [-0.25, -0.2) is 4.79 Å². The molecule has 1 aliphatic rings. The van der Waals surface area contributed by atoms with Gasteiger partial charge in [-0.05, 0) is 38.1 Å². The summed E-state index contributed by atoms with van der Waals surface area (Å²) in [7, 11) is 1.62. The molecule has 0 atom stereocenters. The van der Waals surface area contributed by atoms with Crippen molar-refractivity contribution >= 4 is 17.4 Å². The molecular weight excluding hydrogens is 414 g/mol. The molecule has 0 unspecified atom stereocenters. The van der Waals surface area contributed by atoms with E-state index in [1.807, 2.05) is 12.1 Å². The lowest BCUT2D eigenvalue weighted by molar-refractivity contribution is -0.135. The summed E-state index contributed by atoms with van der Waals surface area (Å²) >= 11 is 0. The van der Waals surface area contributed by atoms with Gasteiger partial charge in [0.15, 0.2) is 0 Å². The van der Waals surface area contributed by atoms with Gasteiger partial charge in [0, 0.05) is 26.0 Å². The molecule has 0 saturated carbocycles. The van der Waals surface area contributed by atoms with Gasteiger partial charge >= 0.3 is 5.97 Å². The van der Waals surface area contributed by atoms with Crippen molar-refractivity contribution in [3.05, 3.63) is 42.2 Å². The van der Waals surface area contributed by atoms with E-state index in [0.717, 1.165) is 18.5 Å². The Hall–Kier alpha value is -3.17. The van der Waals surface area contributed by atoms with Crippen LogP contribution in [0.4, 0.5) is 5.69 Å². The van der Waals surface area contributed by atoms with Crippen molar-refractivity contribution in [3.8, 4) is 17.2 Å². The number of carbonyl (C=O) groups is 1. The van der Waals surface area contributed by atoms with Crippen LogP contribution in [0.25, 0.3) is 0 Å². The fourth-order valence-corrected chi connectivity index (χ4v) is 3.00. The SMILES string of the molecule is CCOC(=O)/C(C)=N\Nc1ccc(Oc2ccc(COC)nc2)cc1OC1CCOCC1. The number of nitrogens with zero attached hydrogens (tertiary/aromatic N) is 2.